The van der Waals surface area contributed by atoms with Gasteiger partial charge in [0.15, 0.2) is 0 Å². The Hall–Kier alpha value is -3.03. The van der Waals surface area contributed by atoms with Crippen molar-refractivity contribution in [3.8, 4) is 0 Å². The van der Waals surface area contributed by atoms with Crippen molar-refractivity contribution in [2.75, 3.05) is 31.1 Å². The molecule has 0 radical (unpaired) electrons. The molecule has 4 rings (SSSR count). The van der Waals surface area contributed by atoms with Crippen molar-refractivity contribution in [3.63, 3.8) is 0 Å². The van der Waals surface area contributed by atoms with Crippen molar-refractivity contribution in [2.45, 2.75) is 20.3 Å². The molecule has 1 fully saturated rings. The normalized spacial score (nSPS) is 14.8. The summed E-state index contributed by atoms with van der Waals surface area (Å²) in [4.78, 5) is 25.4. The molecule has 2 aromatic heterocycles. The van der Waals surface area contributed by atoms with Gasteiger partial charge in [0.1, 0.15) is 18.0 Å². The molecule has 3 heterocycles. The Morgan fingerprint density at radius 1 is 1.22 bits per heavy atom. The van der Waals surface area contributed by atoms with E-state index in [1.165, 1.54) is 18.5 Å². The van der Waals surface area contributed by atoms with Crippen LogP contribution in [0.3, 0.4) is 0 Å². The van der Waals surface area contributed by atoms with Gasteiger partial charge in [-0.2, -0.15) is 14.6 Å². The maximum absolute atomic E-state index is 13.4. The number of anilines is 1. The molecular formula is C19H21FN6O. The lowest BCUT2D eigenvalue weighted by Crippen LogP contribution is -2.49. The number of fused-ring (bicyclic) bond motifs is 1. The van der Waals surface area contributed by atoms with Crippen LogP contribution in [0.4, 0.5) is 10.2 Å². The number of nitrogens with zero attached hydrogens (tertiary/aromatic N) is 6. The standard InChI is InChI=1S/C19H21FN6O/c1-3-16-13(2)23-19-21-12-22-26(19)17(16)24-7-9-25(10-8-24)18(27)14-5-4-6-15(20)11-14/h4-6,11-12H,3,7-10H2,1-2H3. The summed E-state index contributed by atoms with van der Waals surface area (Å²) in [6.07, 6.45) is 2.35. The molecule has 3 aromatic rings. The first-order chi connectivity index (χ1) is 13.1. The zero-order chi connectivity index (χ0) is 19.0. The molecule has 0 spiro atoms. The Morgan fingerprint density at radius 2 is 2.00 bits per heavy atom. The van der Waals surface area contributed by atoms with E-state index in [0.29, 0.717) is 37.5 Å². The number of carbonyl (C=O) groups excluding carboxylic acids is 1. The van der Waals surface area contributed by atoms with Crippen LogP contribution in [0, 0.1) is 12.7 Å². The van der Waals surface area contributed by atoms with E-state index in [9.17, 15) is 9.18 Å². The average molecular weight is 368 g/mol. The average Bonchev–Trinajstić information content (AvgIpc) is 3.14. The zero-order valence-corrected chi connectivity index (χ0v) is 15.4. The molecule has 0 N–H and O–H groups in total. The quantitative estimate of drug-likeness (QED) is 0.708. The van der Waals surface area contributed by atoms with Crippen LogP contribution in [0.2, 0.25) is 0 Å². The Kier molecular flexibility index (Phi) is 4.47. The van der Waals surface area contributed by atoms with Crippen LogP contribution in [0.5, 0.6) is 0 Å². The van der Waals surface area contributed by atoms with Gasteiger partial charge in [0.05, 0.1) is 0 Å². The molecule has 0 bridgehead atoms. The van der Waals surface area contributed by atoms with Crippen LogP contribution in [0.1, 0.15) is 28.5 Å². The van der Waals surface area contributed by atoms with Gasteiger partial charge in [-0.1, -0.05) is 13.0 Å². The fourth-order valence-electron chi connectivity index (χ4n) is 3.63. The second-order valence-corrected chi connectivity index (χ2v) is 6.61. The molecule has 1 amide bonds. The van der Waals surface area contributed by atoms with E-state index in [2.05, 4.69) is 26.9 Å². The number of piperazine rings is 1. The number of halogens is 1. The maximum atomic E-state index is 13.4. The van der Waals surface area contributed by atoms with Crippen LogP contribution < -0.4 is 4.90 Å². The number of hydrogen-bond acceptors (Lipinski definition) is 5. The summed E-state index contributed by atoms with van der Waals surface area (Å²) in [6.45, 7) is 6.56. The van der Waals surface area contributed by atoms with Crippen molar-refractivity contribution in [1.82, 2.24) is 24.5 Å². The summed E-state index contributed by atoms with van der Waals surface area (Å²) < 4.78 is 15.2. The lowest BCUT2D eigenvalue weighted by Gasteiger charge is -2.37. The molecule has 0 aliphatic carbocycles. The minimum Gasteiger partial charge on any atom is -0.353 e. The second-order valence-electron chi connectivity index (χ2n) is 6.61. The second kappa shape index (κ2) is 6.94. The third-order valence-corrected chi connectivity index (χ3v) is 5.00. The van der Waals surface area contributed by atoms with Gasteiger partial charge in [-0.25, -0.2) is 9.37 Å². The highest BCUT2D eigenvalue weighted by atomic mass is 19.1. The van der Waals surface area contributed by atoms with E-state index >= 15 is 0 Å². The summed E-state index contributed by atoms with van der Waals surface area (Å²) in [5.74, 6) is 1.04. The van der Waals surface area contributed by atoms with Gasteiger partial charge < -0.3 is 9.80 Å². The van der Waals surface area contributed by atoms with Crippen molar-refractivity contribution in [2.24, 2.45) is 0 Å². The largest absolute Gasteiger partial charge is 0.353 e. The van der Waals surface area contributed by atoms with E-state index in [-0.39, 0.29) is 5.91 Å². The van der Waals surface area contributed by atoms with Crippen molar-refractivity contribution < 1.29 is 9.18 Å². The van der Waals surface area contributed by atoms with Crippen molar-refractivity contribution in [3.05, 3.63) is 53.2 Å². The van der Waals surface area contributed by atoms with Gasteiger partial charge in [-0.3, -0.25) is 4.79 Å². The van der Waals surface area contributed by atoms with E-state index in [1.807, 2.05) is 6.92 Å². The predicted molar refractivity (Wildman–Crippen MR) is 99.4 cm³/mol. The minimum atomic E-state index is -0.395. The van der Waals surface area contributed by atoms with E-state index in [1.54, 1.807) is 21.5 Å². The molecule has 1 aliphatic rings. The van der Waals surface area contributed by atoms with E-state index in [4.69, 9.17) is 0 Å². The van der Waals surface area contributed by atoms with Gasteiger partial charge in [0.2, 0.25) is 0 Å². The first kappa shape index (κ1) is 17.4. The first-order valence-corrected chi connectivity index (χ1v) is 9.07. The van der Waals surface area contributed by atoms with Gasteiger partial charge in [0.25, 0.3) is 11.7 Å². The van der Waals surface area contributed by atoms with Crippen LogP contribution in [-0.4, -0.2) is 56.6 Å². The Labute approximate surface area is 156 Å². The lowest BCUT2D eigenvalue weighted by molar-refractivity contribution is 0.0746. The number of rotatable bonds is 3. The fraction of sp³-hybridized carbons (Fsp3) is 0.368. The monoisotopic (exact) mass is 368 g/mol. The molecule has 0 atom stereocenters. The smallest absolute Gasteiger partial charge is 0.254 e. The number of amides is 1. The molecule has 8 heteroatoms. The molecule has 27 heavy (non-hydrogen) atoms. The third kappa shape index (κ3) is 3.11. The third-order valence-electron chi connectivity index (χ3n) is 5.00. The van der Waals surface area contributed by atoms with Gasteiger partial charge in [-0.15, -0.1) is 0 Å². The number of aromatic nitrogens is 4. The van der Waals surface area contributed by atoms with Crippen LogP contribution in [0.15, 0.2) is 30.6 Å². The Balaban J connectivity index is 1.57. The molecule has 7 nitrogen and oxygen atoms in total. The molecule has 1 saturated heterocycles. The number of aryl methyl sites for hydroxylation is 1. The minimum absolute atomic E-state index is 0.137. The highest BCUT2D eigenvalue weighted by molar-refractivity contribution is 5.94. The summed E-state index contributed by atoms with van der Waals surface area (Å²) in [5.41, 5.74) is 2.47. The van der Waals surface area contributed by atoms with Gasteiger partial charge >= 0.3 is 0 Å². The number of hydrogen-bond donors (Lipinski definition) is 0. The Morgan fingerprint density at radius 3 is 2.70 bits per heavy atom. The molecule has 1 aliphatic heterocycles. The predicted octanol–water partition coefficient (Wildman–Crippen LogP) is 2.10. The maximum Gasteiger partial charge on any atom is 0.254 e. The topological polar surface area (TPSA) is 66.6 Å². The molecule has 0 unspecified atom stereocenters. The van der Waals surface area contributed by atoms with Gasteiger partial charge in [-0.05, 0) is 31.5 Å². The van der Waals surface area contributed by atoms with E-state index < -0.39 is 5.82 Å². The zero-order valence-electron chi connectivity index (χ0n) is 15.4. The number of carbonyl (C=O) groups is 1. The van der Waals surface area contributed by atoms with E-state index in [0.717, 1.165) is 23.5 Å². The molecule has 140 valence electrons. The van der Waals surface area contributed by atoms with Gasteiger partial charge in [0, 0.05) is 43.0 Å². The first-order valence-electron chi connectivity index (χ1n) is 9.07. The highest BCUT2D eigenvalue weighted by Gasteiger charge is 2.26. The van der Waals surface area contributed by atoms with Crippen LogP contribution in [0.25, 0.3) is 5.78 Å². The van der Waals surface area contributed by atoms with Crippen LogP contribution >= 0.6 is 0 Å². The fourth-order valence-corrected chi connectivity index (χ4v) is 3.63. The van der Waals surface area contributed by atoms with Crippen LogP contribution in [-0.2, 0) is 6.42 Å². The lowest BCUT2D eigenvalue weighted by atomic mass is 10.1. The highest BCUT2D eigenvalue weighted by Crippen LogP contribution is 2.25. The molecular weight excluding hydrogens is 347 g/mol. The summed E-state index contributed by atoms with van der Waals surface area (Å²) in [5, 5.41) is 4.33. The molecule has 0 saturated carbocycles. The van der Waals surface area contributed by atoms with Crippen molar-refractivity contribution in [1.29, 1.82) is 0 Å². The molecule has 1 aromatic carbocycles. The summed E-state index contributed by atoms with van der Waals surface area (Å²) in [6, 6.07) is 5.84. The SMILES string of the molecule is CCc1c(C)nc2ncnn2c1N1CCN(C(=O)c2cccc(F)c2)CC1. The van der Waals surface area contributed by atoms with Crippen molar-refractivity contribution >= 4 is 17.5 Å². The summed E-state index contributed by atoms with van der Waals surface area (Å²) in [7, 11) is 0. The summed E-state index contributed by atoms with van der Waals surface area (Å²) >= 11 is 0. The number of benzene rings is 1. The Bertz CT molecular complexity index is 993.